The number of aryl methyl sites for hydroxylation is 1. The number of nitrogens with zero attached hydrogens (tertiary/aromatic N) is 3. The molecule has 0 saturated carbocycles. The molecule has 0 aliphatic rings. The Morgan fingerprint density at radius 2 is 1.69 bits per heavy atom. The Morgan fingerprint density at radius 1 is 1.00 bits per heavy atom. The highest BCUT2D eigenvalue weighted by molar-refractivity contribution is 5.83. The Labute approximate surface area is 183 Å². The van der Waals surface area contributed by atoms with Crippen LogP contribution in [0.15, 0.2) is 65.8 Å². The van der Waals surface area contributed by atoms with Gasteiger partial charge >= 0.3 is 5.69 Å². The van der Waals surface area contributed by atoms with Crippen LogP contribution in [0.2, 0.25) is 0 Å². The summed E-state index contributed by atoms with van der Waals surface area (Å²) in [5.41, 5.74) is 5.31. The predicted molar refractivity (Wildman–Crippen MR) is 119 cm³/mol. The molecule has 0 aliphatic carbocycles. The van der Waals surface area contributed by atoms with E-state index in [9.17, 15) is 20.2 Å². The minimum Gasteiger partial charge on any atom is -0.493 e. The SMILES string of the molecule is COc1cc(/C=N/Nc2ccc([N+](=O)[O-])cc2)cc([N+](=O)[O-])c1OCc1ccc(C)cc1. The zero-order valence-electron chi connectivity index (χ0n) is 17.3. The van der Waals surface area contributed by atoms with Crippen LogP contribution in [-0.4, -0.2) is 23.2 Å². The van der Waals surface area contributed by atoms with Crippen LogP contribution < -0.4 is 14.9 Å². The van der Waals surface area contributed by atoms with Gasteiger partial charge in [0.25, 0.3) is 5.69 Å². The largest absolute Gasteiger partial charge is 0.493 e. The zero-order valence-corrected chi connectivity index (χ0v) is 17.3. The molecule has 1 N–H and O–H groups in total. The predicted octanol–water partition coefficient (Wildman–Crippen LogP) is 4.85. The van der Waals surface area contributed by atoms with Crippen LogP contribution in [0, 0.1) is 27.2 Å². The quantitative estimate of drug-likeness (QED) is 0.288. The van der Waals surface area contributed by atoms with Crippen molar-refractivity contribution >= 4 is 23.3 Å². The highest BCUT2D eigenvalue weighted by atomic mass is 16.6. The highest BCUT2D eigenvalue weighted by Crippen LogP contribution is 2.38. The fourth-order valence-corrected chi connectivity index (χ4v) is 2.79. The molecule has 3 rings (SSSR count). The summed E-state index contributed by atoms with van der Waals surface area (Å²) in [4.78, 5) is 21.3. The number of nitro groups is 2. The molecular weight excluding hydrogens is 416 g/mol. The summed E-state index contributed by atoms with van der Waals surface area (Å²) in [6.07, 6.45) is 1.38. The van der Waals surface area contributed by atoms with Gasteiger partial charge in [0.15, 0.2) is 5.75 Å². The monoisotopic (exact) mass is 436 g/mol. The number of ether oxygens (including phenoxy) is 2. The van der Waals surface area contributed by atoms with Crippen molar-refractivity contribution in [2.45, 2.75) is 13.5 Å². The smallest absolute Gasteiger partial charge is 0.315 e. The van der Waals surface area contributed by atoms with Crippen molar-refractivity contribution < 1.29 is 19.3 Å². The van der Waals surface area contributed by atoms with Gasteiger partial charge in [-0.2, -0.15) is 5.10 Å². The van der Waals surface area contributed by atoms with Crippen LogP contribution in [0.1, 0.15) is 16.7 Å². The molecular formula is C22H20N4O6. The highest BCUT2D eigenvalue weighted by Gasteiger charge is 2.22. The third kappa shape index (κ3) is 5.57. The second-order valence-corrected chi connectivity index (χ2v) is 6.78. The Morgan fingerprint density at radius 3 is 2.28 bits per heavy atom. The van der Waals surface area contributed by atoms with E-state index in [4.69, 9.17) is 9.47 Å². The normalized spacial score (nSPS) is 10.7. The maximum atomic E-state index is 11.6. The van der Waals surface area contributed by atoms with E-state index in [1.807, 2.05) is 31.2 Å². The number of methoxy groups -OCH3 is 1. The van der Waals surface area contributed by atoms with Gasteiger partial charge in [0.1, 0.15) is 6.61 Å². The summed E-state index contributed by atoms with van der Waals surface area (Å²) >= 11 is 0. The van der Waals surface area contributed by atoms with Gasteiger partial charge in [0, 0.05) is 23.8 Å². The van der Waals surface area contributed by atoms with Gasteiger partial charge in [-0.3, -0.25) is 25.7 Å². The number of hydrogen-bond acceptors (Lipinski definition) is 8. The van der Waals surface area contributed by atoms with E-state index in [2.05, 4.69) is 10.5 Å². The van der Waals surface area contributed by atoms with Crippen molar-refractivity contribution in [2.24, 2.45) is 5.10 Å². The standard InChI is InChI=1S/C22H20N4O6/c1-15-3-5-16(6-4-15)14-32-22-20(26(29)30)11-17(12-21(22)31-2)13-23-24-18-7-9-19(10-8-18)25(27)28/h3-13,24H,14H2,1-2H3/b23-13+. The first-order valence-corrected chi connectivity index (χ1v) is 9.45. The van der Waals surface area contributed by atoms with Gasteiger partial charge in [-0.15, -0.1) is 0 Å². The molecule has 0 atom stereocenters. The number of hydrogen-bond donors (Lipinski definition) is 1. The van der Waals surface area contributed by atoms with Crippen LogP contribution in [-0.2, 0) is 6.61 Å². The van der Waals surface area contributed by atoms with Crippen LogP contribution in [0.3, 0.4) is 0 Å². The molecule has 10 heteroatoms. The van der Waals surface area contributed by atoms with Crippen molar-refractivity contribution in [1.29, 1.82) is 0 Å². The number of anilines is 1. The molecule has 0 spiro atoms. The number of rotatable bonds is 9. The molecule has 0 heterocycles. The third-order valence-corrected chi connectivity index (χ3v) is 4.46. The average molecular weight is 436 g/mol. The summed E-state index contributed by atoms with van der Waals surface area (Å²) in [7, 11) is 1.40. The second kappa shape index (κ2) is 10.0. The summed E-state index contributed by atoms with van der Waals surface area (Å²) < 4.78 is 11.0. The summed E-state index contributed by atoms with van der Waals surface area (Å²) in [6, 6.07) is 16.2. The lowest BCUT2D eigenvalue weighted by atomic mass is 10.1. The number of nitrogens with one attached hydrogen (secondary N) is 1. The van der Waals surface area contributed by atoms with Gasteiger partial charge < -0.3 is 9.47 Å². The van der Waals surface area contributed by atoms with Gasteiger partial charge in [0.05, 0.1) is 28.9 Å². The van der Waals surface area contributed by atoms with Crippen molar-refractivity contribution in [3.63, 3.8) is 0 Å². The van der Waals surface area contributed by atoms with Gasteiger partial charge in [-0.1, -0.05) is 29.8 Å². The Kier molecular flexibility index (Phi) is 6.96. The van der Waals surface area contributed by atoms with Gasteiger partial charge in [-0.25, -0.2) is 0 Å². The lowest BCUT2D eigenvalue weighted by Gasteiger charge is -2.12. The Balaban J connectivity index is 1.79. The average Bonchev–Trinajstić information content (AvgIpc) is 2.78. The minimum absolute atomic E-state index is 0.0264. The van der Waals surface area contributed by atoms with Crippen LogP contribution >= 0.6 is 0 Å². The van der Waals surface area contributed by atoms with E-state index in [1.165, 1.54) is 43.7 Å². The third-order valence-electron chi connectivity index (χ3n) is 4.46. The van der Waals surface area contributed by atoms with Crippen molar-refractivity contribution in [3.8, 4) is 11.5 Å². The molecule has 0 aromatic heterocycles. The molecule has 0 fully saturated rings. The molecule has 10 nitrogen and oxygen atoms in total. The second-order valence-electron chi connectivity index (χ2n) is 6.78. The van der Waals surface area contributed by atoms with Crippen LogP contribution in [0.25, 0.3) is 0 Å². The molecule has 0 unspecified atom stereocenters. The number of benzene rings is 3. The zero-order chi connectivity index (χ0) is 23.1. The first kappa shape index (κ1) is 22.2. The lowest BCUT2D eigenvalue weighted by Crippen LogP contribution is -2.03. The van der Waals surface area contributed by atoms with E-state index in [0.29, 0.717) is 11.3 Å². The fraction of sp³-hybridized carbons (Fsp3) is 0.136. The van der Waals surface area contributed by atoms with E-state index in [1.54, 1.807) is 6.07 Å². The molecule has 3 aromatic carbocycles. The van der Waals surface area contributed by atoms with E-state index in [0.717, 1.165) is 11.1 Å². The molecule has 0 amide bonds. The summed E-state index contributed by atoms with van der Waals surface area (Å²) in [5.74, 6) is 0.224. The number of hydrazone groups is 1. The van der Waals surface area contributed by atoms with E-state index >= 15 is 0 Å². The molecule has 0 bridgehead atoms. The van der Waals surface area contributed by atoms with Crippen molar-refractivity contribution in [1.82, 2.24) is 0 Å². The summed E-state index contributed by atoms with van der Waals surface area (Å²) in [6.45, 7) is 2.11. The summed E-state index contributed by atoms with van der Waals surface area (Å²) in [5, 5.41) is 26.4. The van der Waals surface area contributed by atoms with Crippen LogP contribution in [0.4, 0.5) is 17.1 Å². The van der Waals surface area contributed by atoms with E-state index < -0.39 is 9.85 Å². The Bertz CT molecular complexity index is 1140. The van der Waals surface area contributed by atoms with Gasteiger partial charge in [0.2, 0.25) is 5.75 Å². The van der Waals surface area contributed by atoms with E-state index in [-0.39, 0.29) is 29.5 Å². The number of nitro benzene ring substituents is 2. The molecule has 32 heavy (non-hydrogen) atoms. The Hall–Kier alpha value is -4.47. The minimum atomic E-state index is -0.548. The van der Waals surface area contributed by atoms with Crippen molar-refractivity contribution in [2.75, 3.05) is 12.5 Å². The maximum Gasteiger partial charge on any atom is 0.315 e. The van der Waals surface area contributed by atoms with Crippen molar-refractivity contribution in [3.05, 3.63) is 97.6 Å². The molecule has 3 aromatic rings. The lowest BCUT2D eigenvalue weighted by molar-refractivity contribution is -0.386. The molecule has 164 valence electrons. The first-order chi connectivity index (χ1) is 15.4. The molecule has 0 aliphatic heterocycles. The maximum absolute atomic E-state index is 11.6. The molecule has 0 radical (unpaired) electrons. The van der Waals surface area contributed by atoms with Gasteiger partial charge in [-0.05, 0) is 30.7 Å². The fourth-order valence-electron chi connectivity index (χ4n) is 2.79. The molecule has 0 saturated heterocycles. The number of non-ortho nitro benzene ring substituents is 1. The topological polar surface area (TPSA) is 129 Å². The van der Waals surface area contributed by atoms with Crippen LogP contribution in [0.5, 0.6) is 11.5 Å². The first-order valence-electron chi connectivity index (χ1n) is 9.45.